The van der Waals surface area contributed by atoms with Crippen molar-refractivity contribution in [3.05, 3.63) is 46.3 Å². The van der Waals surface area contributed by atoms with E-state index < -0.39 is 5.76 Å². The first-order valence-electron chi connectivity index (χ1n) is 5.57. The molecule has 2 heterocycles. The lowest BCUT2D eigenvalue weighted by atomic mass is 10.1. The van der Waals surface area contributed by atoms with E-state index in [0.29, 0.717) is 11.1 Å². The number of nitrogens with one attached hydrogen (secondary N) is 1. The zero-order valence-electron chi connectivity index (χ0n) is 10.0. The molecule has 0 unspecified atom stereocenters. The topological polar surface area (TPSA) is 71.8 Å². The minimum absolute atomic E-state index is 0.447. The first kappa shape index (κ1) is 10.7. The summed E-state index contributed by atoms with van der Waals surface area (Å²) >= 11 is 0. The van der Waals surface area contributed by atoms with Crippen LogP contribution in [0.1, 0.15) is 11.5 Å². The van der Waals surface area contributed by atoms with Gasteiger partial charge in [-0.05, 0) is 38.1 Å². The summed E-state index contributed by atoms with van der Waals surface area (Å²) in [7, 11) is 0. The van der Waals surface area contributed by atoms with Gasteiger partial charge in [-0.2, -0.15) is 0 Å². The van der Waals surface area contributed by atoms with E-state index in [0.717, 1.165) is 22.8 Å². The molecule has 0 amide bonds. The highest BCUT2D eigenvalue weighted by Crippen LogP contribution is 2.21. The lowest BCUT2D eigenvalue weighted by Gasteiger charge is -2.03. The van der Waals surface area contributed by atoms with Crippen molar-refractivity contribution < 1.29 is 4.42 Å². The van der Waals surface area contributed by atoms with Crippen molar-refractivity contribution in [1.82, 2.24) is 15.0 Å². The normalized spacial score (nSPS) is 11.0. The van der Waals surface area contributed by atoms with Gasteiger partial charge >= 0.3 is 5.76 Å². The second-order valence-electron chi connectivity index (χ2n) is 4.17. The molecule has 1 N–H and O–H groups in total. The van der Waals surface area contributed by atoms with Crippen LogP contribution in [0.25, 0.3) is 22.4 Å². The molecule has 5 nitrogen and oxygen atoms in total. The molecule has 0 atom stereocenters. The minimum Gasteiger partial charge on any atom is -0.408 e. The quantitative estimate of drug-likeness (QED) is 0.708. The number of aromatic amines is 1. The smallest absolute Gasteiger partial charge is 0.408 e. The molecule has 2 aromatic heterocycles. The Bertz CT molecular complexity index is 766. The van der Waals surface area contributed by atoms with Gasteiger partial charge in [0.25, 0.3) is 0 Å². The van der Waals surface area contributed by atoms with Crippen LogP contribution in [0, 0.1) is 13.8 Å². The molecule has 0 bridgehead atoms. The van der Waals surface area contributed by atoms with Crippen LogP contribution >= 0.6 is 0 Å². The first-order chi connectivity index (χ1) is 8.61. The van der Waals surface area contributed by atoms with Crippen LogP contribution in [-0.2, 0) is 0 Å². The Morgan fingerprint density at radius 2 is 2.00 bits per heavy atom. The second kappa shape index (κ2) is 3.80. The van der Waals surface area contributed by atoms with Crippen molar-refractivity contribution in [2.75, 3.05) is 0 Å². The predicted octanol–water partition coefficient (Wildman–Crippen LogP) is 2.19. The monoisotopic (exact) mass is 241 g/mol. The summed E-state index contributed by atoms with van der Waals surface area (Å²) in [4.78, 5) is 22.4. The molecule has 0 saturated heterocycles. The van der Waals surface area contributed by atoms with Gasteiger partial charge in [-0.15, -0.1) is 0 Å². The van der Waals surface area contributed by atoms with E-state index in [-0.39, 0.29) is 0 Å². The zero-order valence-corrected chi connectivity index (χ0v) is 10.0. The number of hydrogen-bond acceptors (Lipinski definition) is 4. The van der Waals surface area contributed by atoms with Crippen LogP contribution in [0.15, 0.2) is 33.5 Å². The maximum Gasteiger partial charge on any atom is 0.417 e. The molecule has 0 saturated carbocycles. The third kappa shape index (κ3) is 1.79. The number of aryl methyl sites for hydroxylation is 2. The van der Waals surface area contributed by atoms with Gasteiger partial charge in [-0.3, -0.25) is 4.98 Å². The van der Waals surface area contributed by atoms with Crippen LogP contribution < -0.4 is 5.76 Å². The number of benzene rings is 1. The first-order valence-corrected chi connectivity index (χ1v) is 5.57. The molecular formula is C13H11N3O2. The number of fused-ring (bicyclic) bond motifs is 1. The Balaban J connectivity index is 2.21. The van der Waals surface area contributed by atoms with Gasteiger partial charge < -0.3 is 4.42 Å². The summed E-state index contributed by atoms with van der Waals surface area (Å²) in [6.07, 6.45) is 0. The van der Waals surface area contributed by atoms with Gasteiger partial charge in [0.2, 0.25) is 0 Å². The van der Waals surface area contributed by atoms with Crippen molar-refractivity contribution in [2.45, 2.75) is 13.8 Å². The SMILES string of the molecule is Cc1cc(-c2ccc3oc(=O)[nH]c3c2)nc(C)n1. The molecular weight excluding hydrogens is 230 g/mol. The van der Waals surface area contributed by atoms with Crippen LogP contribution in [-0.4, -0.2) is 15.0 Å². The summed E-state index contributed by atoms with van der Waals surface area (Å²) in [6, 6.07) is 7.39. The number of aromatic nitrogens is 3. The maximum absolute atomic E-state index is 11.1. The highest BCUT2D eigenvalue weighted by molar-refractivity contribution is 5.79. The van der Waals surface area contributed by atoms with Crippen molar-refractivity contribution in [1.29, 1.82) is 0 Å². The van der Waals surface area contributed by atoms with Crippen molar-refractivity contribution in [3.63, 3.8) is 0 Å². The Morgan fingerprint density at radius 3 is 2.78 bits per heavy atom. The van der Waals surface area contributed by atoms with E-state index in [1.165, 1.54) is 0 Å². The molecule has 0 radical (unpaired) electrons. The molecule has 18 heavy (non-hydrogen) atoms. The molecule has 3 rings (SSSR count). The molecule has 0 fully saturated rings. The molecule has 0 aliphatic rings. The third-order valence-electron chi connectivity index (χ3n) is 2.68. The fraction of sp³-hybridized carbons (Fsp3) is 0.154. The molecule has 1 aromatic carbocycles. The Morgan fingerprint density at radius 1 is 1.17 bits per heavy atom. The van der Waals surface area contributed by atoms with Crippen LogP contribution in [0.5, 0.6) is 0 Å². The van der Waals surface area contributed by atoms with Gasteiger partial charge in [0.1, 0.15) is 5.82 Å². The summed E-state index contributed by atoms with van der Waals surface area (Å²) in [5.74, 6) is 0.281. The van der Waals surface area contributed by atoms with E-state index in [2.05, 4.69) is 15.0 Å². The fourth-order valence-electron chi connectivity index (χ4n) is 1.98. The summed E-state index contributed by atoms with van der Waals surface area (Å²) in [6.45, 7) is 3.78. The average Bonchev–Trinajstić information content (AvgIpc) is 2.66. The van der Waals surface area contributed by atoms with Crippen LogP contribution in [0.3, 0.4) is 0 Å². The molecule has 90 valence electrons. The molecule has 0 aliphatic carbocycles. The summed E-state index contributed by atoms with van der Waals surface area (Å²) in [5.41, 5.74) is 3.90. The summed E-state index contributed by atoms with van der Waals surface area (Å²) in [5, 5.41) is 0. The lowest BCUT2D eigenvalue weighted by molar-refractivity contribution is 0.555. The Kier molecular flexibility index (Phi) is 2.26. The van der Waals surface area contributed by atoms with E-state index in [1.807, 2.05) is 32.0 Å². The molecule has 5 heteroatoms. The number of nitrogens with zero attached hydrogens (tertiary/aromatic N) is 2. The van der Waals surface area contributed by atoms with Crippen LogP contribution in [0.2, 0.25) is 0 Å². The fourth-order valence-corrected chi connectivity index (χ4v) is 1.98. The van der Waals surface area contributed by atoms with Crippen molar-refractivity contribution >= 4 is 11.1 Å². The Hall–Kier alpha value is -2.43. The van der Waals surface area contributed by atoms with Gasteiger partial charge in [-0.1, -0.05) is 0 Å². The second-order valence-corrected chi connectivity index (χ2v) is 4.17. The van der Waals surface area contributed by atoms with E-state index >= 15 is 0 Å². The van der Waals surface area contributed by atoms with Gasteiger partial charge in [0.15, 0.2) is 5.58 Å². The third-order valence-corrected chi connectivity index (χ3v) is 2.68. The van der Waals surface area contributed by atoms with Crippen molar-refractivity contribution in [3.8, 4) is 11.3 Å². The number of H-pyrrole nitrogens is 1. The molecule has 3 aromatic rings. The van der Waals surface area contributed by atoms with Gasteiger partial charge in [0, 0.05) is 11.3 Å². The number of rotatable bonds is 1. The highest BCUT2D eigenvalue weighted by Gasteiger charge is 2.06. The van der Waals surface area contributed by atoms with E-state index in [4.69, 9.17) is 4.42 Å². The zero-order chi connectivity index (χ0) is 12.7. The molecule has 0 spiro atoms. The molecule has 0 aliphatic heterocycles. The maximum atomic E-state index is 11.1. The number of hydrogen-bond donors (Lipinski definition) is 1. The lowest BCUT2D eigenvalue weighted by Crippen LogP contribution is -1.94. The van der Waals surface area contributed by atoms with E-state index in [9.17, 15) is 4.79 Å². The minimum atomic E-state index is -0.447. The summed E-state index contributed by atoms with van der Waals surface area (Å²) < 4.78 is 4.96. The number of oxazole rings is 1. The average molecular weight is 241 g/mol. The van der Waals surface area contributed by atoms with Gasteiger partial charge in [-0.25, -0.2) is 14.8 Å². The highest BCUT2D eigenvalue weighted by atomic mass is 16.4. The van der Waals surface area contributed by atoms with Crippen LogP contribution in [0.4, 0.5) is 0 Å². The largest absolute Gasteiger partial charge is 0.417 e. The van der Waals surface area contributed by atoms with E-state index in [1.54, 1.807) is 6.07 Å². The van der Waals surface area contributed by atoms with Crippen molar-refractivity contribution in [2.24, 2.45) is 0 Å². The predicted molar refractivity (Wildman–Crippen MR) is 67.3 cm³/mol. The van der Waals surface area contributed by atoms with Gasteiger partial charge in [0.05, 0.1) is 11.2 Å². The Labute approximate surface area is 103 Å². The standard InChI is InChI=1S/C13H11N3O2/c1-7-5-10(15-8(2)14-7)9-3-4-12-11(6-9)16-13(17)18-12/h3-6H,1-2H3,(H,16,17).